The highest BCUT2D eigenvalue weighted by Gasteiger charge is 2.20. The molecule has 0 fully saturated rings. The van der Waals surface area contributed by atoms with Crippen LogP contribution in [0.2, 0.25) is 0 Å². The van der Waals surface area contributed by atoms with Crippen molar-refractivity contribution in [2.24, 2.45) is 4.99 Å². The highest BCUT2D eigenvalue weighted by molar-refractivity contribution is 5.77. The molecule has 0 amide bonds. The number of nitrogens with one attached hydrogen (secondary N) is 1. The molecule has 0 saturated carbocycles. The van der Waals surface area contributed by atoms with Crippen molar-refractivity contribution < 1.29 is 14.3 Å². The van der Waals surface area contributed by atoms with E-state index in [9.17, 15) is 9.59 Å². The molecule has 1 atom stereocenters. The van der Waals surface area contributed by atoms with Crippen LogP contribution in [0.25, 0.3) is 0 Å². The maximum Gasteiger partial charge on any atom is 0.332 e. The van der Waals surface area contributed by atoms with Crippen molar-refractivity contribution in [3.8, 4) is 0 Å². The van der Waals surface area contributed by atoms with Crippen LogP contribution in [0.15, 0.2) is 47.8 Å². The van der Waals surface area contributed by atoms with Crippen LogP contribution in [0.3, 0.4) is 0 Å². The lowest BCUT2D eigenvalue weighted by Gasteiger charge is -2.09. The number of ether oxygens (including phenoxy) is 1. The van der Waals surface area contributed by atoms with E-state index in [1.165, 1.54) is 12.4 Å². The van der Waals surface area contributed by atoms with Gasteiger partial charge in [-0.2, -0.15) is 4.99 Å². The zero-order valence-corrected chi connectivity index (χ0v) is 10.7. The fourth-order valence-corrected chi connectivity index (χ4v) is 1.67. The SMILES string of the molecule is O=C=NC(Cc1cnc[nH]1)C(=O)OCc1ccccc1. The summed E-state index contributed by atoms with van der Waals surface area (Å²) in [6.45, 7) is 0.146. The van der Waals surface area contributed by atoms with E-state index in [0.29, 0.717) is 5.69 Å². The quantitative estimate of drug-likeness (QED) is 0.489. The van der Waals surface area contributed by atoms with Crippen LogP contribution in [0.5, 0.6) is 0 Å². The third-order valence-electron chi connectivity index (χ3n) is 2.67. The lowest BCUT2D eigenvalue weighted by Crippen LogP contribution is -2.24. The fraction of sp³-hybridized carbons (Fsp3) is 0.214. The standard InChI is InChI=1S/C14H13N3O3/c18-10-17-13(6-12-7-15-9-16-12)14(19)20-8-11-4-2-1-3-5-11/h1-5,7,9,13H,6,8H2,(H,15,16). The summed E-state index contributed by atoms with van der Waals surface area (Å²) in [5.74, 6) is -0.563. The molecule has 1 N–H and O–H groups in total. The highest BCUT2D eigenvalue weighted by Crippen LogP contribution is 2.07. The van der Waals surface area contributed by atoms with E-state index in [1.807, 2.05) is 30.3 Å². The number of carbonyl (C=O) groups excluding carboxylic acids is 2. The van der Waals surface area contributed by atoms with Crippen LogP contribution in [0.1, 0.15) is 11.3 Å². The molecule has 102 valence electrons. The van der Waals surface area contributed by atoms with Gasteiger partial charge in [0.05, 0.1) is 6.33 Å². The molecule has 6 heteroatoms. The molecule has 0 aliphatic carbocycles. The Morgan fingerprint density at radius 3 is 2.85 bits per heavy atom. The minimum absolute atomic E-state index is 0.146. The van der Waals surface area contributed by atoms with Crippen molar-refractivity contribution >= 4 is 12.0 Å². The molecule has 2 aromatic rings. The molecule has 1 aromatic heterocycles. The van der Waals surface area contributed by atoms with Gasteiger partial charge in [0.1, 0.15) is 6.61 Å². The Bertz CT molecular complexity index is 589. The Kier molecular flexibility index (Phi) is 4.81. The molecular formula is C14H13N3O3. The zero-order valence-electron chi connectivity index (χ0n) is 10.7. The number of rotatable bonds is 6. The molecule has 0 radical (unpaired) electrons. The van der Waals surface area contributed by atoms with Crippen molar-refractivity contribution in [2.45, 2.75) is 19.1 Å². The van der Waals surface area contributed by atoms with Gasteiger partial charge in [0.15, 0.2) is 6.04 Å². The fourth-order valence-electron chi connectivity index (χ4n) is 1.67. The first-order valence-electron chi connectivity index (χ1n) is 6.04. The van der Waals surface area contributed by atoms with Crippen LogP contribution in [-0.4, -0.2) is 28.1 Å². The summed E-state index contributed by atoms with van der Waals surface area (Å²) in [6, 6.07) is 8.38. The van der Waals surface area contributed by atoms with Gasteiger partial charge >= 0.3 is 5.97 Å². The Morgan fingerprint density at radius 1 is 1.40 bits per heavy atom. The summed E-state index contributed by atoms with van der Waals surface area (Å²) in [7, 11) is 0. The summed E-state index contributed by atoms with van der Waals surface area (Å²) in [5, 5.41) is 0. The summed E-state index contributed by atoms with van der Waals surface area (Å²) in [5.41, 5.74) is 1.57. The molecule has 6 nitrogen and oxygen atoms in total. The Morgan fingerprint density at radius 2 is 2.20 bits per heavy atom. The second-order valence-electron chi connectivity index (χ2n) is 4.11. The van der Waals surface area contributed by atoms with Crippen LogP contribution in [0, 0.1) is 0 Å². The first kappa shape index (κ1) is 13.7. The summed E-state index contributed by atoms with van der Waals surface area (Å²) < 4.78 is 5.15. The number of aromatic nitrogens is 2. The maximum atomic E-state index is 11.9. The normalized spacial score (nSPS) is 11.4. The van der Waals surface area contributed by atoms with E-state index in [4.69, 9.17) is 4.74 Å². The molecule has 20 heavy (non-hydrogen) atoms. The van der Waals surface area contributed by atoms with Crippen molar-refractivity contribution in [3.05, 3.63) is 54.1 Å². The van der Waals surface area contributed by atoms with Gasteiger partial charge in [-0.15, -0.1) is 0 Å². The summed E-state index contributed by atoms with van der Waals surface area (Å²) in [6.07, 6.45) is 4.68. The number of hydrogen-bond acceptors (Lipinski definition) is 5. The lowest BCUT2D eigenvalue weighted by atomic mass is 10.2. The monoisotopic (exact) mass is 271 g/mol. The topological polar surface area (TPSA) is 84.4 Å². The Labute approximate surface area is 115 Å². The van der Waals surface area contributed by atoms with E-state index in [-0.39, 0.29) is 13.0 Å². The van der Waals surface area contributed by atoms with Crippen LogP contribution in [0.4, 0.5) is 0 Å². The van der Waals surface area contributed by atoms with Crippen molar-refractivity contribution in [3.63, 3.8) is 0 Å². The smallest absolute Gasteiger partial charge is 0.332 e. The number of aliphatic imine (C=N–C) groups is 1. The van der Waals surface area contributed by atoms with Gasteiger partial charge < -0.3 is 9.72 Å². The highest BCUT2D eigenvalue weighted by atomic mass is 16.5. The number of hydrogen-bond donors (Lipinski definition) is 1. The van der Waals surface area contributed by atoms with E-state index < -0.39 is 12.0 Å². The second kappa shape index (κ2) is 7.01. The molecule has 1 heterocycles. The number of H-pyrrole nitrogens is 1. The van der Waals surface area contributed by atoms with E-state index >= 15 is 0 Å². The number of aromatic amines is 1. The van der Waals surface area contributed by atoms with Gasteiger partial charge in [-0.1, -0.05) is 30.3 Å². The summed E-state index contributed by atoms with van der Waals surface area (Å²) >= 11 is 0. The molecule has 0 bridgehead atoms. The maximum absolute atomic E-state index is 11.9. The van der Waals surface area contributed by atoms with Gasteiger partial charge in [0.2, 0.25) is 6.08 Å². The van der Waals surface area contributed by atoms with Gasteiger partial charge in [0, 0.05) is 18.3 Å². The van der Waals surface area contributed by atoms with Gasteiger partial charge in [0.25, 0.3) is 0 Å². The second-order valence-corrected chi connectivity index (χ2v) is 4.11. The number of isocyanates is 1. The first-order valence-corrected chi connectivity index (χ1v) is 6.04. The summed E-state index contributed by atoms with van der Waals surface area (Å²) in [4.78, 5) is 32.5. The van der Waals surface area contributed by atoms with E-state index in [0.717, 1.165) is 5.56 Å². The average Bonchev–Trinajstić information content (AvgIpc) is 2.98. The van der Waals surface area contributed by atoms with Gasteiger partial charge in [-0.05, 0) is 5.56 Å². The number of carbonyl (C=O) groups is 1. The van der Waals surface area contributed by atoms with Crippen LogP contribution in [-0.2, 0) is 27.4 Å². The van der Waals surface area contributed by atoms with Gasteiger partial charge in [-0.3, -0.25) is 0 Å². The largest absolute Gasteiger partial charge is 0.459 e. The van der Waals surface area contributed by atoms with Crippen molar-refractivity contribution in [2.75, 3.05) is 0 Å². The number of esters is 1. The van der Waals surface area contributed by atoms with Gasteiger partial charge in [-0.25, -0.2) is 14.6 Å². The predicted octanol–water partition coefficient (Wildman–Crippen LogP) is 1.40. The molecule has 0 saturated heterocycles. The molecule has 0 aliphatic heterocycles. The van der Waals surface area contributed by atoms with Crippen LogP contribution >= 0.6 is 0 Å². The lowest BCUT2D eigenvalue weighted by molar-refractivity contribution is -0.146. The molecular weight excluding hydrogens is 258 g/mol. The number of nitrogens with zero attached hydrogens (tertiary/aromatic N) is 2. The molecule has 1 aromatic carbocycles. The number of benzene rings is 1. The van der Waals surface area contributed by atoms with E-state index in [2.05, 4.69) is 15.0 Å². The number of imidazole rings is 1. The third kappa shape index (κ3) is 3.90. The van der Waals surface area contributed by atoms with Crippen LogP contribution < -0.4 is 0 Å². The molecule has 1 unspecified atom stereocenters. The minimum atomic E-state index is -0.906. The third-order valence-corrected chi connectivity index (χ3v) is 2.67. The first-order chi connectivity index (χ1) is 9.79. The van der Waals surface area contributed by atoms with E-state index in [1.54, 1.807) is 6.20 Å². The van der Waals surface area contributed by atoms with Crippen molar-refractivity contribution in [1.29, 1.82) is 0 Å². The zero-order chi connectivity index (χ0) is 14.2. The van der Waals surface area contributed by atoms with Crippen molar-refractivity contribution in [1.82, 2.24) is 9.97 Å². The molecule has 0 spiro atoms. The average molecular weight is 271 g/mol. The Hall–Kier alpha value is -2.72. The molecule has 2 rings (SSSR count). The molecule has 0 aliphatic rings. The predicted molar refractivity (Wildman–Crippen MR) is 70.4 cm³/mol. The Balaban J connectivity index is 1.95. The minimum Gasteiger partial charge on any atom is -0.459 e.